The van der Waals surface area contributed by atoms with Crippen molar-refractivity contribution in [2.75, 3.05) is 13.1 Å². The molecule has 3 heterocycles. The van der Waals surface area contributed by atoms with E-state index in [1.54, 1.807) is 12.2 Å². The number of halogens is 1. The minimum Gasteiger partial charge on any atom is -0.339 e. The Balaban J connectivity index is 1.84. The molecule has 1 fully saturated rings. The van der Waals surface area contributed by atoms with Gasteiger partial charge < -0.3 is 4.90 Å². The van der Waals surface area contributed by atoms with E-state index in [2.05, 4.69) is 4.98 Å². The Kier molecular flexibility index (Phi) is 3.09. The zero-order chi connectivity index (χ0) is 12.5. The van der Waals surface area contributed by atoms with Gasteiger partial charge in [-0.1, -0.05) is 11.6 Å². The molecule has 0 atom stereocenters. The number of rotatable bonds is 2. The molecule has 94 valence electrons. The van der Waals surface area contributed by atoms with E-state index in [4.69, 9.17) is 11.6 Å². The fraction of sp³-hybridized carbons (Fsp3) is 0.333. The van der Waals surface area contributed by atoms with Crippen molar-refractivity contribution < 1.29 is 4.79 Å². The van der Waals surface area contributed by atoms with Gasteiger partial charge in [-0.05, 0) is 18.9 Å². The molecule has 0 spiro atoms. The largest absolute Gasteiger partial charge is 0.339 e. The molecule has 0 aromatic carbocycles. The minimum absolute atomic E-state index is 0.0498. The Morgan fingerprint density at radius 1 is 1.44 bits per heavy atom. The first kappa shape index (κ1) is 11.7. The van der Waals surface area contributed by atoms with Crippen molar-refractivity contribution in [2.45, 2.75) is 12.8 Å². The maximum absolute atomic E-state index is 11.9. The molecule has 18 heavy (non-hydrogen) atoms. The van der Waals surface area contributed by atoms with Gasteiger partial charge in [-0.3, -0.25) is 9.20 Å². The molecular weight excluding hydrogens is 270 g/mol. The monoisotopic (exact) mass is 281 g/mol. The van der Waals surface area contributed by atoms with Crippen LogP contribution in [0.1, 0.15) is 18.5 Å². The van der Waals surface area contributed by atoms with Crippen LogP contribution in [0, 0.1) is 0 Å². The average molecular weight is 282 g/mol. The second-order valence-corrected chi connectivity index (χ2v) is 5.44. The summed E-state index contributed by atoms with van der Waals surface area (Å²) in [4.78, 5) is 18.8. The predicted molar refractivity (Wildman–Crippen MR) is 72.9 cm³/mol. The normalized spacial score (nSPS) is 16.2. The highest BCUT2D eigenvalue weighted by atomic mass is 35.5. The highest BCUT2D eigenvalue weighted by Gasteiger charge is 2.16. The molecule has 0 aliphatic carbocycles. The second kappa shape index (κ2) is 4.74. The van der Waals surface area contributed by atoms with Gasteiger partial charge in [0.1, 0.15) is 0 Å². The first-order valence-corrected chi connectivity index (χ1v) is 7.09. The summed E-state index contributed by atoms with van der Waals surface area (Å²) in [7, 11) is 0. The summed E-state index contributed by atoms with van der Waals surface area (Å²) in [5.41, 5.74) is 0.764. The summed E-state index contributed by atoms with van der Waals surface area (Å²) in [6, 6.07) is 0. The molecule has 4 nitrogen and oxygen atoms in total. The molecule has 0 saturated carbocycles. The Morgan fingerprint density at radius 2 is 2.22 bits per heavy atom. The lowest BCUT2D eigenvalue weighted by Crippen LogP contribution is -2.25. The van der Waals surface area contributed by atoms with Crippen molar-refractivity contribution >= 4 is 39.9 Å². The lowest BCUT2D eigenvalue weighted by molar-refractivity contribution is -0.124. The average Bonchev–Trinajstić information content (AvgIpc) is 3.02. The highest BCUT2D eigenvalue weighted by molar-refractivity contribution is 7.15. The molecule has 1 saturated heterocycles. The van der Waals surface area contributed by atoms with E-state index < -0.39 is 0 Å². The van der Waals surface area contributed by atoms with Crippen molar-refractivity contribution in [3.05, 3.63) is 28.5 Å². The SMILES string of the molecule is O=C(C=Cc1c(Cl)nc2sccn12)N1CCCC1. The van der Waals surface area contributed by atoms with Crippen molar-refractivity contribution in [1.82, 2.24) is 14.3 Å². The van der Waals surface area contributed by atoms with Crippen molar-refractivity contribution in [3.63, 3.8) is 0 Å². The summed E-state index contributed by atoms with van der Waals surface area (Å²) < 4.78 is 1.89. The maximum Gasteiger partial charge on any atom is 0.246 e. The number of fused-ring (bicyclic) bond motifs is 1. The predicted octanol–water partition coefficient (Wildman–Crippen LogP) is 2.68. The summed E-state index contributed by atoms with van der Waals surface area (Å²) in [6.45, 7) is 1.72. The van der Waals surface area contributed by atoms with Crippen molar-refractivity contribution in [2.24, 2.45) is 0 Å². The van der Waals surface area contributed by atoms with Crippen LogP contribution >= 0.6 is 22.9 Å². The quantitative estimate of drug-likeness (QED) is 0.794. The number of thiazole rings is 1. The van der Waals surface area contributed by atoms with Gasteiger partial charge in [0.15, 0.2) is 10.1 Å². The van der Waals surface area contributed by atoms with Crippen LogP contribution in [-0.2, 0) is 4.79 Å². The van der Waals surface area contributed by atoms with Gasteiger partial charge >= 0.3 is 0 Å². The number of carbonyl (C=O) groups excluding carboxylic acids is 1. The fourth-order valence-corrected chi connectivity index (χ4v) is 3.12. The highest BCUT2D eigenvalue weighted by Crippen LogP contribution is 2.22. The molecule has 0 radical (unpaired) electrons. The molecule has 2 aromatic heterocycles. The van der Waals surface area contributed by atoms with Gasteiger partial charge in [0, 0.05) is 30.7 Å². The third kappa shape index (κ3) is 2.04. The van der Waals surface area contributed by atoms with Crippen molar-refractivity contribution in [3.8, 4) is 0 Å². The number of nitrogens with zero attached hydrogens (tertiary/aromatic N) is 3. The Hall–Kier alpha value is -1.33. The van der Waals surface area contributed by atoms with Gasteiger partial charge in [0.2, 0.25) is 5.91 Å². The summed E-state index contributed by atoms with van der Waals surface area (Å²) in [5, 5.41) is 2.38. The van der Waals surface area contributed by atoms with E-state index in [1.807, 2.05) is 20.9 Å². The van der Waals surface area contributed by atoms with Crippen LogP contribution in [0.2, 0.25) is 5.15 Å². The molecule has 2 aromatic rings. The lowest BCUT2D eigenvalue weighted by Gasteiger charge is -2.11. The van der Waals surface area contributed by atoms with E-state index in [1.165, 1.54) is 11.3 Å². The minimum atomic E-state index is 0.0498. The van der Waals surface area contributed by atoms with E-state index in [0.29, 0.717) is 5.15 Å². The third-order valence-electron chi connectivity index (χ3n) is 3.06. The fourth-order valence-electron chi connectivity index (χ4n) is 2.12. The molecular formula is C12H12ClN3OS. The number of hydrogen-bond donors (Lipinski definition) is 0. The maximum atomic E-state index is 11.9. The van der Waals surface area contributed by atoms with Crippen LogP contribution in [0.3, 0.4) is 0 Å². The third-order valence-corrected chi connectivity index (χ3v) is 4.09. The molecule has 0 N–H and O–H groups in total. The van der Waals surface area contributed by atoms with Gasteiger partial charge in [-0.15, -0.1) is 11.3 Å². The van der Waals surface area contributed by atoms with E-state index >= 15 is 0 Å². The molecule has 1 amide bonds. The van der Waals surface area contributed by atoms with Crippen LogP contribution in [0.25, 0.3) is 11.0 Å². The van der Waals surface area contributed by atoms with E-state index in [-0.39, 0.29) is 5.91 Å². The van der Waals surface area contributed by atoms with Crippen LogP contribution in [0.4, 0.5) is 0 Å². The lowest BCUT2D eigenvalue weighted by atomic mass is 10.3. The number of likely N-dealkylation sites (tertiary alicyclic amines) is 1. The summed E-state index contributed by atoms with van der Waals surface area (Å²) >= 11 is 7.57. The standard InChI is InChI=1S/C12H12ClN3OS/c13-11-9(16-7-8-18-12(16)14-11)3-4-10(17)15-5-1-2-6-15/h3-4,7-8H,1-2,5-6H2. The summed E-state index contributed by atoms with van der Waals surface area (Å²) in [6.07, 6.45) is 7.43. The number of amides is 1. The van der Waals surface area contributed by atoms with Gasteiger partial charge in [-0.25, -0.2) is 4.98 Å². The van der Waals surface area contributed by atoms with Crippen LogP contribution in [0.15, 0.2) is 17.7 Å². The number of aromatic nitrogens is 2. The van der Waals surface area contributed by atoms with Crippen LogP contribution in [0.5, 0.6) is 0 Å². The van der Waals surface area contributed by atoms with E-state index in [9.17, 15) is 4.79 Å². The number of hydrogen-bond acceptors (Lipinski definition) is 3. The van der Waals surface area contributed by atoms with Crippen molar-refractivity contribution in [1.29, 1.82) is 0 Å². The van der Waals surface area contributed by atoms with E-state index in [0.717, 1.165) is 36.6 Å². The molecule has 1 aliphatic rings. The zero-order valence-electron chi connectivity index (χ0n) is 9.67. The van der Waals surface area contributed by atoms with Gasteiger partial charge in [0.25, 0.3) is 0 Å². The Labute approximate surface area is 113 Å². The molecule has 0 unspecified atom stereocenters. The molecule has 6 heteroatoms. The van der Waals surface area contributed by atoms with Gasteiger partial charge in [-0.2, -0.15) is 0 Å². The van der Waals surface area contributed by atoms with Crippen LogP contribution < -0.4 is 0 Å². The Morgan fingerprint density at radius 3 is 3.00 bits per heavy atom. The topological polar surface area (TPSA) is 37.6 Å². The summed E-state index contributed by atoms with van der Waals surface area (Å²) in [5.74, 6) is 0.0498. The Bertz CT molecular complexity index is 610. The first-order valence-electron chi connectivity index (χ1n) is 5.84. The second-order valence-electron chi connectivity index (χ2n) is 4.21. The molecule has 1 aliphatic heterocycles. The van der Waals surface area contributed by atoms with Crippen LogP contribution in [-0.4, -0.2) is 33.3 Å². The zero-order valence-corrected chi connectivity index (χ0v) is 11.2. The molecule has 0 bridgehead atoms. The smallest absolute Gasteiger partial charge is 0.246 e. The molecule has 3 rings (SSSR count). The first-order chi connectivity index (χ1) is 8.75. The van der Waals surface area contributed by atoms with Gasteiger partial charge in [0.05, 0.1) is 5.69 Å². The number of imidazole rings is 1. The number of carbonyl (C=O) groups is 1.